The first-order chi connectivity index (χ1) is 12.5. The van der Waals surface area contributed by atoms with E-state index in [4.69, 9.17) is 9.26 Å². The van der Waals surface area contributed by atoms with Crippen LogP contribution < -0.4 is 0 Å². The standard InChI is InChI=1S/C17H13FN4O3S/c1-9-13-7-14(17(23)24-8-15-19-10(2)21-25-15)26-16(13)22(20-9)12-5-3-11(18)4-6-12/h3-7H,8H2,1-2H3. The summed E-state index contributed by atoms with van der Waals surface area (Å²) >= 11 is 1.26. The van der Waals surface area contributed by atoms with Crippen LogP contribution in [0.4, 0.5) is 4.39 Å². The van der Waals surface area contributed by atoms with Crippen molar-refractivity contribution in [1.82, 2.24) is 19.9 Å². The van der Waals surface area contributed by atoms with Gasteiger partial charge in [0.15, 0.2) is 12.4 Å². The number of aryl methyl sites for hydroxylation is 2. The number of ether oxygens (including phenoxy) is 1. The van der Waals surface area contributed by atoms with Crippen LogP contribution in [0.15, 0.2) is 34.9 Å². The molecule has 0 saturated heterocycles. The first-order valence-electron chi connectivity index (χ1n) is 7.72. The molecule has 4 rings (SSSR count). The molecule has 0 unspecified atom stereocenters. The number of carbonyl (C=O) groups excluding carboxylic acids is 1. The zero-order valence-electron chi connectivity index (χ0n) is 13.9. The molecule has 1 aromatic carbocycles. The number of carbonyl (C=O) groups is 1. The Balaban J connectivity index is 1.61. The second-order valence-corrected chi connectivity index (χ2v) is 6.65. The van der Waals surface area contributed by atoms with Crippen molar-refractivity contribution in [3.8, 4) is 5.69 Å². The van der Waals surface area contributed by atoms with Crippen LogP contribution in [-0.2, 0) is 11.3 Å². The van der Waals surface area contributed by atoms with E-state index in [-0.39, 0.29) is 18.3 Å². The SMILES string of the molecule is Cc1noc(COC(=O)c2cc3c(C)nn(-c4ccc(F)cc4)c3s2)n1. The highest BCUT2D eigenvalue weighted by Gasteiger charge is 2.19. The highest BCUT2D eigenvalue weighted by atomic mass is 32.1. The van der Waals surface area contributed by atoms with Gasteiger partial charge in [-0.1, -0.05) is 5.16 Å². The molecule has 3 heterocycles. The van der Waals surface area contributed by atoms with Gasteiger partial charge in [0, 0.05) is 5.39 Å². The Bertz CT molecular complexity index is 1100. The zero-order valence-corrected chi connectivity index (χ0v) is 14.7. The molecule has 0 radical (unpaired) electrons. The number of rotatable bonds is 4. The number of aromatic nitrogens is 4. The van der Waals surface area contributed by atoms with Gasteiger partial charge in [0.1, 0.15) is 15.5 Å². The molecular formula is C17H13FN4O3S. The predicted octanol–water partition coefficient (Wildman–Crippen LogP) is 3.58. The fraction of sp³-hybridized carbons (Fsp3) is 0.176. The van der Waals surface area contributed by atoms with Gasteiger partial charge in [0.25, 0.3) is 5.89 Å². The Morgan fingerprint density at radius 2 is 2.08 bits per heavy atom. The van der Waals surface area contributed by atoms with Gasteiger partial charge in [0.2, 0.25) is 0 Å². The van der Waals surface area contributed by atoms with Crippen LogP contribution in [0.25, 0.3) is 15.9 Å². The number of hydrogen-bond donors (Lipinski definition) is 0. The molecule has 0 N–H and O–H groups in total. The molecule has 0 atom stereocenters. The number of esters is 1. The maximum absolute atomic E-state index is 13.2. The van der Waals surface area contributed by atoms with Crippen LogP contribution in [-0.4, -0.2) is 25.9 Å². The molecule has 0 aliphatic rings. The van der Waals surface area contributed by atoms with Gasteiger partial charge >= 0.3 is 5.97 Å². The summed E-state index contributed by atoms with van der Waals surface area (Å²) < 4.78 is 25.0. The predicted molar refractivity (Wildman–Crippen MR) is 91.8 cm³/mol. The van der Waals surface area contributed by atoms with E-state index in [0.29, 0.717) is 16.4 Å². The van der Waals surface area contributed by atoms with E-state index in [9.17, 15) is 9.18 Å². The minimum Gasteiger partial charge on any atom is -0.451 e. The molecule has 9 heteroatoms. The average Bonchev–Trinajstić information content (AvgIpc) is 3.31. The maximum Gasteiger partial charge on any atom is 0.348 e. The number of benzene rings is 1. The summed E-state index contributed by atoms with van der Waals surface area (Å²) in [5, 5.41) is 8.96. The van der Waals surface area contributed by atoms with Crippen LogP contribution in [0.5, 0.6) is 0 Å². The molecule has 0 spiro atoms. The van der Waals surface area contributed by atoms with E-state index in [1.54, 1.807) is 29.8 Å². The molecule has 0 fully saturated rings. The highest BCUT2D eigenvalue weighted by molar-refractivity contribution is 7.20. The summed E-state index contributed by atoms with van der Waals surface area (Å²) in [5.74, 6) is -0.0776. The number of thiophene rings is 1. The number of nitrogens with zero attached hydrogens (tertiary/aromatic N) is 4. The first-order valence-corrected chi connectivity index (χ1v) is 8.54. The fourth-order valence-electron chi connectivity index (χ4n) is 2.50. The van der Waals surface area contributed by atoms with Gasteiger partial charge in [0.05, 0.1) is 11.4 Å². The van der Waals surface area contributed by atoms with Crippen molar-refractivity contribution in [2.24, 2.45) is 0 Å². The van der Waals surface area contributed by atoms with Crippen LogP contribution in [0, 0.1) is 19.7 Å². The number of hydrogen-bond acceptors (Lipinski definition) is 7. The van der Waals surface area contributed by atoms with Crippen molar-refractivity contribution >= 4 is 27.5 Å². The molecule has 0 aliphatic carbocycles. The third-order valence-electron chi connectivity index (χ3n) is 3.71. The lowest BCUT2D eigenvalue weighted by Gasteiger charge is -2.02. The molecule has 7 nitrogen and oxygen atoms in total. The van der Waals surface area contributed by atoms with Gasteiger partial charge in [-0.25, -0.2) is 13.9 Å². The van der Waals surface area contributed by atoms with E-state index < -0.39 is 5.97 Å². The Hall–Kier alpha value is -3.07. The first kappa shape index (κ1) is 16.4. The molecule has 0 bridgehead atoms. The van der Waals surface area contributed by atoms with Gasteiger partial charge in [-0.15, -0.1) is 11.3 Å². The lowest BCUT2D eigenvalue weighted by Crippen LogP contribution is -2.03. The minimum absolute atomic E-state index is 0.0863. The third kappa shape index (κ3) is 2.97. The van der Waals surface area contributed by atoms with Crippen LogP contribution in [0.1, 0.15) is 27.1 Å². The zero-order chi connectivity index (χ0) is 18.3. The largest absolute Gasteiger partial charge is 0.451 e. The van der Waals surface area contributed by atoms with Gasteiger partial charge < -0.3 is 9.26 Å². The smallest absolute Gasteiger partial charge is 0.348 e. The van der Waals surface area contributed by atoms with Gasteiger partial charge in [-0.2, -0.15) is 10.1 Å². The van der Waals surface area contributed by atoms with Gasteiger partial charge in [-0.3, -0.25) is 0 Å². The van der Waals surface area contributed by atoms with E-state index in [1.807, 2.05) is 6.92 Å². The normalized spacial score (nSPS) is 11.2. The maximum atomic E-state index is 13.2. The van der Waals surface area contributed by atoms with Crippen molar-refractivity contribution in [2.75, 3.05) is 0 Å². The summed E-state index contributed by atoms with van der Waals surface area (Å²) in [6.45, 7) is 3.45. The van der Waals surface area contributed by atoms with Crippen molar-refractivity contribution in [3.63, 3.8) is 0 Å². The summed E-state index contributed by atoms with van der Waals surface area (Å²) in [6, 6.07) is 7.75. The lowest BCUT2D eigenvalue weighted by atomic mass is 10.3. The Morgan fingerprint density at radius 3 is 2.77 bits per heavy atom. The molecule has 0 aliphatic heterocycles. The molecule has 132 valence electrons. The summed E-state index contributed by atoms with van der Waals surface area (Å²) in [4.78, 5) is 17.5. The van der Waals surface area contributed by atoms with Gasteiger partial charge in [-0.05, 0) is 44.2 Å². The summed E-state index contributed by atoms with van der Waals surface area (Å²) in [6.07, 6.45) is 0. The topological polar surface area (TPSA) is 83.0 Å². The van der Waals surface area contributed by atoms with E-state index in [1.165, 1.54) is 23.5 Å². The number of fused-ring (bicyclic) bond motifs is 1. The van der Waals surface area contributed by atoms with Crippen molar-refractivity contribution in [3.05, 3.63) is 58.4 Å². The molecule has 0 saturated carbocycles. The Labute approximate surface area is 151 Å². The van der Waals surface area contributed by atoms with E-state index in [0.717, 1.165) is 15.9 Å². The van der Waals surface area contributed by atoms with E-state index >= 15 is 0 Å². The second kappa shape index (κ2) is 6.34. The summed E-state index contributed by atoms with van der Waals surface area (Å²) in [5.41, 5.74) is 1.49. The monoisotopic (exact) mass is 372 g/mol. The highest BCUT2D eigenvalue weighted by Crippen LogP contribution is 2.31. The molecule has 3 aromatic heterocycles. The number of halogens is 1. The molecule has 4 aromatic rings. The third-order valence-corrected chi connectivity index (χ3v) is 4.80. The Kier molecular flexibility index (Phi) is 4.00. The van der Waals surface area contributed by atoms with Crippen LogP contribution in [0.3, 0.4) is 0 Å². The van der Waals surface area contributed by atoms with Crippen molar-refractivity contribution < 1.29 is 18.4 Å². The molecule has 26 heavy (non-hydrogen) atoms. The van der Waals surface area contributed by atoms with Crippen molar-refractivity contribution in [1.29, 1.82) is 0 Å². The molecule has 0 amide bonds. The van der Waals surface area contributed by atoms with Crippen molar-refractivity contribution in [2.45, 2.75) is 20.5 Å². The Morgan fingerprint density at radius 1 is 1.31 bits per heavy atom. The fourth-order valence-corrected chi connectivity index (χ4v) is 3.58. The second-order valence-electron chi connectivity index (χ2n) is 5.61. The van der Waals surface area contributed by atoms with Crippen LogP contribution in [0.2, 0.25) is 0 Å². The summed E-state index contributed by atoms with van der Waals surface area (Å²) in [7, 11) is 0. The average molecular weight is 372 g/mol. The lowest BCUT2D eigenvalue weighted by molar-refractivity contribution is 0.0435. The van der Waals surface area contributed by atoms with Crippen LogP contribution >= 0.6 is 11.3 Å². The quantitative estimate of drug-likeness (QED) is 0.509. The van der Waals surface area contributed by atoms with E-state index in [2.05, 4.69) is 15.2 Å². The molecular weight excluding hydrogens is 359 g/mol. The minimum atomic E-state index is -0.480.